The van der Waals surface area contributed by atoms with Gasteiger partial charge < -0.3 is 0 Å². The third-order valence-corrected chi connectivity index (χ3v) is 5.65. The number of aryl methyl sites for hydroxylation is 1. The molecule has 0 fully saturated rings. The molecule has 2 heterocycles. The van der Waals surface area contributed by atoms with Crippen molar-refractivity contribution in [3.8, 4) is 22.3 Å². The summed E-state index contributed by atoms with van der Waals surface area (Å²) in [6.07, 6.45) is 5.83. The van der Waals surface area contributed by atoms with Crippen LogP contribution >= 0.6 is 11.9 Å². The van der Waals surface area contributed by atoms with Crippen molar-refractivity contribution in [2.45, 2.75) is 11.8 Å². The summed E-state index contributed by atoms with van der Waals surface area (Å²) in [7, 11) is 0. The lowest BCUT2D eigenvalue weighted by Gasteiger charge is -2.09. The molecule has 0 bridgehead atoms. The molecule has 136 valence electrons. The minimum Gasteiger partial charge on any atom is -0.274 e. The van der Waals surface area contributed by atoms with Crippen LogP contribution in [0.3, 0.4) is 0 Å². The van der Waals surface area contributed by atoms with Crippen molar-refractivity contribution in [1.29, 1.82) is 0 Å². The molecule has 2 aromatic heterocycles. The van der Waals surface area contributed by atoms with Gasteiger partial charge in [0.15, 0.2) is 5.65 Å². The summed E-state index contributed by atoms with van der Waals surface area (Å²) in [5, 5.41) is 12.7. The first kappa shape index (κ1) is 17.0. The Bertz CT molecular complexity index is 1310. The lowest BCUT2D eigenvalue weighted by molar-refractivity contribution is 0.941. The van der Waals surface area contributed by atoms with Crippen LogP contribution in [0.4, 0.5) is 0 Å². The van der Waals surface area contributed by atoms with Gasteiger partial charge in [0.2, 0.25) is 0 Å². The molecule has 3 aromatic carbocycles. The number of hydrogen-bond acceptors (Lipinski definition) is 4. The summed E-state index contributed by atoms with van der Waals surface area (Å²) in [6.45, 7) is 2.09. The van der Waals surface area contributed by atoms with Gasteiger partial charge in [-0.1, -0.05) is 60.2 Å². The summed E-state index contributed by atoms with van der Waals surface area (Å²) in [4.78, 5) is 5.80. The highest BCUT2D eigenvalue weighted by Crippen LogP contribution is 2.35. The highest BCUT2D eigenvalue weighted by molar-refractivity contribution is 7.97. The molecule has 0 atom stereocenters. The fourth-order valence-corrected chi connectivity index (χ4v) is 4.02. The summed E-state index contributed by atoms with van der Waals surface area (Å²) in [5.41, 5.74) is 6.38. The number of benzene rings is 3. The van der Waals surface area contributed by atoms with Crippen molar-refractivity contribution in [1.82, 2.24) is 14.6 Å². The SMILES string of the molecule is Cc1ccc(-c2cnc3c(-c4ccc(SN)c5ccccc45)cnn3c2)cc1. The molecule has 5 rings (SSSR count). The van der Waals surface area contributed by atoms with Crippen LogP contribution in [-0.4, -0.2) is 14.6 Å². The van der Waals surface area contributed by atoms with E-state index in [1.165, 1.54) is 17.5 Å². The Labute approximate surface area is 167 Å². The molecule has 0 unspecified atom stereocenters. The fourth-order valence-electron chi connectivity index (χ4n) is 3.57. The molecule has 0 saturated carbocycles. The Morgan fingerprint density at radius 2 is 1.61 bits per heavy atom. The average molecular weight is 382 g/mol. The minimum atomic E-state index is 0.842. The van der Waals surface area contributed by atoms with E-state index in [9.17, 15) is 0 Å². The summed E-state index contributed by atoms with van der Waals surface area (Å²) in [6, 6.07) is 20.9. The Kier molecular flexibility index (Phi) is 4.11. The standard InChI is InChI=1S/C23H18N4S/c1-15-6-8-16(9-7-15)17-12-25-23-21(13-26-27(23)14-17)19-10-11-22(28-24)20-5-3-2-4-18(19)20/h2-14H,24H2,1H3. The van der Waals surface area contributed by atoms with Crippen molar-refractivity contribution < 1.29 is 0 Å². The van der Waals surface area contributed by atoms with E-state index in [4.69, 9.17) is 10.1 Å². The third kappa shape index (κ3) is 2.76. The number of rotatable bonds is 3. The predicted octanol–water partition coefficient (Wildman–Crippen LogP) is 5.49. The zero-order valence-electron chi connectivity index (χ0n) is 15.3. The maximum atomic E-state index is 5.84. The highest BCUT2D eigenvalue weighted by Gasteiger charge is 2.13. The molecular formula is C23H18N4S. The first-order valence-corrected chi connectivity index (χ1v) is 9.92. The van der Waals surface area contributed by atoms with Gasteiger partial charge in [0.05, 0.1) is 6.20 Å². The second-order valence-electron chi connectivity index (χ2n) is 6.81. The summed E-state index contributed by atoms with van der Waals surface area (Å²) >= 11 is 1.27. The monoisotopic (exact) mass is 382 g/mol. The number of fused-ring (bicyclic) bond motifs is 2. The van der Waals surface area contributed by atoms with Gasteiger partial charge in [-0.15, -0.1) is 0 Å². The molecule has 5 aromatic rings. The van der Waals surface area contributed by atoms with Crippen molar-refractivity contribution in [2.75, 3.05) is 0 Å². The van der Waals surface area contributed by atoms with Crippen LogP contribution in [0.5, 0.6) is 0 Å². The van der Waals surface area contributed by atoms with Crippen molar-refractivity contribution in [3.05, 3.63) is 84.8 Å². The molecule has 0 aliphatic heterocycles. The van der Waals surface area contributed by atoms with E-state index in [0.29, 0.717) is 0 Å². The van der Waals surface area contributed by atoms with E-state index in [-0.39, 0.29) is 0 Å². The summed E-state index contributed by atoms with van der Waals surface area (Å²) in [5.74, 6) is 0. The van der Waals surface area contributed by atoms with Crippen LogP contribution in [-0.2, 0) is 0 Å². The van der Waals surface area contributed by atoms with Crippen LogP contribution in [0.2, 0.25) is 0 Å². The fraction of sp³-hybridized carbons (Fsp3) is 0.0435. The quantitative estimate of drug-likeness (QED) is 0.419. The van der Waals surface area contributed by atoms with E-state index in [0.717, 1.165) is 43.6 Å². The van der Waals surface area contributed by atoms with Crippen LogP contribution < -0.4 is 5.14 Å². The van der Waals surface area contributed by atoms with Gasteiger partial charge in [0.25, 0.3) is 0 Å². The van der Waals surface area contributed by atoms with Crippen molar-refractivity contribution >= 4 is 28.4 Å². The maximum Gasteiger partial charge on any atom is 0.162 e. The Hall–Kier alpha value is -3.15. The molecule has 0 spiro atoms. The number of hydrogen-bond donors (Lipinski definition) is 1. The van der Waals surface area contributed by atoms with Gasteiger partial charge >= 0.3 is 0 Å². The van der Waals surface area contributed by atoms with Gasteiger partial charge in [-0.25, -0.2) is 9.50 Å². The van der Waals surface area contributed by atoms with E-state index < -0.39 is 0 Å². The Morgan fingerprint density at radius 3 is 2.39 bits per heavy atom. The smallest absolute Gasteiger partial charge is 0.162 e. The molecular weight excluding hydrogens is 364 g/mol. The van der Waals surface area contributed by atoms with Crippen LogP contribution in [0, 0.1) is 6.92 Å². The maximum absolute atomic E-state index is 5.84. The number of nitrogens with two attached hydrogens (primary N) is 1. The average Bonchev–Trinajstić information content (AvgIpc) is 3.16. The molecule has 0 aliphatic carbocycles. The first-order valence-electron chi connectivity index (χ1n) is 9.04. The normalized spacial score (nSPS) is 11.4. The van der Waals surface area contributed by atoms with E-state index in [1.54, 1.807) is 0 Å². The molecule has 4 nitrogen and oxygen atoms in total. The topological polar surface area (TPSA) is 56.2 Å². The Balaban J connectivity index is 1.67. The minimum absolute atomic E-state index is 0.842. The molecule has 0 amide bonds. The lowest BCUT2D eigenvalue weighted by Crippen LogP contribution is -1.92. The van der Waals surface area contributed by atoms with E-state index >= 15 is 0 Å². The number of aromatic nitrogens is 3. The van der Waals surface area contributed by atoms with Crippen molar-refractivity contribution in [3.63, 3.8) is 0 Å². The van der Waals surface area contributed by atoms with Gasteiger partial charge in [0.1, 0.15) is 0 Å². The van der Waals surface area contributed by atoms with E-state index in [2.05, 4.69) is 60.6 Å². The molecule has 0 aliphatic rings. The van der Waals surface area contributed by atoms with Gasteiger partial charge in [0, 0.05) is 28.4 Å². The predicted molar refractivity (Wildman–Crippen MR) is 116 cm³/mol. The Morgan fingerprint density at radius 1 is 0.821 bits per heavy atom. The van der Waals surface area contributed by atoms with Crippen LogP contribution in [0.1, 0.15) is 5.56 Å². The van der Waals surface area contributed by atoms with Gasteiger partial charge in [-0.3, -0.25) is 5.14 Å². The van der Waals surface area contributed by atoms with Crippen molar-refractivity contribution in [2.24, 2.45) is 5.14 Å². The van der Waals surface area contributed by atoms with E-state index in [1.807, 2.05) is 35.2 Å². The molecule has 5 heteroatoms. The zero-order valence-corrected chi connectivity index (χ0v) is 16.1. The first-order chi connectivity index (χ1) is 13.7. The molecule has 2 N–H and O–H groups in total. The lowest BCUT2D eigenvalue weighted by atomic mass is 10.00. The van der Waals surface area contributed by atoms with Gasteiger partial charge in [-0.05, 0) is 46.8 Å². The van der Waals surface area contributed by atoms with Gasteiger partial charge in [-0.2, -0.15) is 5.10 Å². The number of nitrogens with zero attached hydrogens (tertiary/aromatic N) is 3. The third-order valence-electron chi connectivity index (χ3n) is 5.04. The van der Waals surface area contributed by atoms with Crippen LogP contribution in [0.15, 0.2) is 84.1 Å². The summed E-state index contributed by atoms with van der Waals surface area (Å²) < 4.78 is 1.85. The second-order valence-corrected chi connectivity index (χ2v) is 7.49. The zero-order chi connectivity index (χ0) is 19.1. The molecule has 0 saturated heterocycles. The molecule has 0 radical (unpaired) electrons. The van der Waals surface area contributed by atoms with Crippen LogP contribution in [0.25, 0.3) is 38.7 Å². The second kappa shape index (κ2) is 6.78. The largest absolute Gasteiger partial charge is 0.274 e. The molecule has 28 heavy (non-hydrogen) atoms. The highest BCUT2D eigenvalue weighted by atomic mass is 32.2.